The SMILES string of the molecule is CCCCCCCOc1ccc(C2C(C#N)=C(N)Oc3cc(OC(=O)c4cc(Cl)c(OCCCC)c(Cl)c4)ccc32)cc1. The van der Waals surface area contributed by atoms with Crippen LogP contribution in [0.25, 0.3) is 0 Å². The fraction of sp³-hybridized carbons (Fsp3) is 0.353. The van der Waals surface area contributed by atoms with Gasteiger partial charge in [0.25, 0.3) is 0 Å². The van der Waals surface area contributed by atoms with Gasteiger partial charge in [-0.1, -0.05) is 87.4 Å². The lowest BCUT2D eigenvalue weighted by atomic mass is 9.83. The number of fused-ring (bicyclic) bond motifs is 1. The molecule has 3 aromatic carbocycles. The smallest absolute Gasteiger partial charge is 0.343 e. The number of benzene rings is 3. The molecule has 1 heterocycles. The second-order valence-corrected chi connectivity index (χ2v) is 11.1. The zero-order valence-electron chi connectivity index (χ0n) is 24.5. The summed E-state index contributed by atoms with van der Waals surface area (Å²) >= 11 is 12.7. The van der Waals surface area contributed by atoms with E-state index in [1.54, 1.807) is 18.2 Å². The molecule has 0 amide bonds. The molecule has 1 atom stereocenters. The number of carbonyl (C=O) groups excluding carboxylic acids is 1. The first kappa shape index (κ1) is 32.1. The lowest BCUT2D eigenvalue weighted by Crippen LogP contribution is -2.21. The highest BCUT2D eigenvalue weighted by molar-refractivity contribution is 6.37. The summed E-state index contributed by atoms with van der Waals surface area (Å²) in [7, 11) is 0. The van der Waals surface area contributed by atoms with E-state index in [-0.39, 0.29) is 27.2 Å². The van der Waals surface area contributed by atoms with Crippen LogP contribution in [-0.2, 0) is 0 Å². The number of nitrogens with zero attached hydrogens (tertiary/aromatic N) is 1. The highest BCUT2D eigenvalue weighted by atomic mass is 35.5. The van der Waals surface area contributed by atoms with Crippen molar-refractivity contribution in [3.05, 3.63) is 92.8 Å². The molecule has 0 bridgehead atoms. The molecule has 7 nitrogen and oxygen atoms in total. The first-order valence-corrected chi connectivity index (χ1v) is 15.4. The minimum Gasteiger partial charge on any atom is -0.494 e. The van der Waals surface area contributed by atoms with Crippen LogP contribution >= 0.6 is 23.2 Å². The average Bonchev–Trinajstić information content (AvgIpc) is 2.99. The molecular weight excluding hydrogens is 587 g/mol. The molecule has 1 aliphatic heterocycles. The van der Waals surface area contributed by atoms with Crippen molar-refractivity contribution in [2.75, 3.05) is 13.2 Å². The van der Waals surface area contributed by atoms with Gasteiger partial charge in [-0.3, -0.25) is 0 Å². The molecule has 226 valence electrons. The summed E-state index contributed by atoms with van der Waals surface area (Å²) in [5, 5.41) is 10.3. The standard InChI is InChI=1S/C34H36Cl2N2O5/c1-3-5-7-8-9-17-40-24-12-10-22(11-13-24)31-26-15-14-25(20-30(26)43-33(38)27(31)21-37)42-34(39)23-18-28(35)32(29(36)19-23)41-16-6-4-2/h10-15,18-20,31H,3-9,16-17,38H2,1-2H3. The molecular formula is C34H36Cl2N2O5. The Balaban J connectivity index is 1.49. The molecule has 4 rings (SSSR count). The highest BCUT2D eigenvalue weighted by Crippen LogP contribution is 2.44. The fourth-order valence-electron chi connectivity index (χ4n) is 4.79. The zero-order chi connectivity index (χ0) is 30.8. The van der Waals surface area contributed by atoms with E-state index in [2.05, 4.69) is 19.9 Å². The van der Waals surface area contributed by atoms with E-state index in [0.717, 1.165) is 42.6 Å². The molecule has 0 spiro atoms. The van der Waals surface area contributed by atoms with E-state index >= 15 is 0 Å². The van der Waals surface area contributed by atoms with Crippen molar-refractivity contribution >= 4 is 29.2 Å². The third-order valence-electron chi connectivity index (χ3n) is 7.11. The van der Waals surface area contributed by atoms with Gasteiger partial charge in [-0.2, -0.15) is 5.26 Å². The number of allylic oxidation sites excluding steroid dienone is 1. The van der Waals surface area contributed by atoms with Crippen molar-refractivity contribution in [1.29, 1.82) is 5.26 Å². The monoisotopic (exact) mass is 622 g/mol. The summed E-state index contributed by atoms with van der Waals surface area (Å²) in [6.45, 7) is 5.38. The molecule has 3 aromatic rings. The molecule has 0 saturated carbocycles. The van der Waals surface area contributed by atoms with Crippen LogP contribution in [0, 0.1) is 11.3 Å². The highest BCUT2D eigenvalue weighted by Gasteiger charge is 2.31. The second-order valence-electron chi connectivity index (χ2n) is 10.3. The topological polar surface area (TPSA) is 104 Å². The Morgan fingerprint density at radius 3 is 2.21 bits per heavy atom. The summed E-state index contributed by atoms with van der Waals surface area (Å²) in [5.41, 5.74) is 8.21. The molecule has 0 aliphatic carbocycles. The normalized spacial score (nSPS) is 14.0. The number of nitriles is 1. The van der Waals surface area contributed by atoms with Crippen molar-refractivity contribution in [3.63, 3.8) is 0 Å². The van der Waals surface area contributed by atoms with Crippen molar-refractivity contribution in [2.45, 2.75) is 64.7 Å². The van der Waals surface area contributed by atoms with E-state index in [9.17, 15) is 10.1 Å². The summed E-state index contributed by atoms with van der Waals surface area (Å²) in [6.07, 6.45) is 7.66. The zero-order valence-corrected chi connectivity index (χ0v) is 26.0. The van der Waals surface area contributed by atoms with Gasteiger partial charge in [-0.25, -0.2) is 4.79 Å². The number of unbranched alkanes of at least 4 members (excludes halogenated alkanes) is 5. The Labute approximate surface area is 263 Å². The van der Waals surface area contributed by atoms with E-state index in [0.29, 0.717) is 30.3 Å². The molecule has 0 aromatic heterocycles. The van der Waals surface area contributed by atoms with Crippen molar-refractivity contribution in [2.24, 2.45) is 5.73 Å². The first-order chi connectivity index (χ1) is 20.9. The fourth-order valence-corrected chi connectivity index (χ4v) is 5.39. The third-order valence-corrected chi connectivity index (χ3v) is 7.67. The minimum atomic E-state index is -0.654. The van der Waals surface area contributed by atoms with Gasteiger partial charge in [0.1, 0.15) is 28.9 Å². The van der Waals surface area contributed by atoms with Crippen molar-refractivity contribution in [3.8, 4) is 29.1 Å². The predicted octanol–water partition coefficient (Wildman–Crippen LogP) is 8.96. The van der Waals surface area contributed by atoms with Crippen LogP contribution in [0.3, 0.4) is 0 Å². The molecule has 0 fully saturated rings. The number of nitrogens with two attached hydrogens (primary N) is 1. The van der Waals surface area contributed by atoms with E-state index < -0.39 is 11.9 Å². The number of halogens is 2. The molecule has 1 aliphatic rings. The molecule has 0 saturated heterocycles. The van der Waals surface area contributed by atoms with E-state index in [1.165, 1.54) is 31.4 Å². The first-order valence-electron chi connectivity index (χ1n) is 14.6. The average molecular weight is 624 g/mol. The Morgan fingerprint density at radius 1 is 0.884 bits per heavy atom. The second kappa shape index (κ2) is 15.6. The van der Waals surface area contributed by atoms with Gasteiger partial charge >= 0.3 is 5.97 Å². The third kappa shape index (κ3) is 8.16. The quantitative estimate of drug-likeness (QED) is 0.109. The van der Waals surface area contributed by atoms with Crippen LogP contribution in [0.4, 0.5) is 0 Å². The van der Waals surface area contributed by atoms with Gasteiger partial charge < -0.3 is 24.7 Å². The van der Waals surface area contributed by atoms with Gasteiger partial charge in [-0.05, 0) is 48.7 Å². The van der Waals surface area contributed by atoms with Gasteiger partial charge in [0, 0.05) is 11.6 Å². The number of hydrogen-bond acceptors (Lipinski definition) is 7. The Morgan fingerprint density at radius 2 is 1.53 bits per heavy atom. The lowest BCUT2D eigenvalue weighted by Gasteiger charge is -2.27. The van der Waals surface area contributed by atoms with Crippen LogP contribution < -0.4 is 24.7 Å². The molecule has 1 unspecified atom stereocenters. The minimum absolute atomic E-state index is 0.00638. The number of esters is 1. The maximum atomic E-state index is 13.0. The van der Waals surface area contributed by atoms with Crippen molar-refractivity contribution < 1.29 is 23.7 Å². The maximum absolute atomic E-state index is 13.0. The van der Waals surface area contributed by atoms with Gasteiger partial charge in [0.05, 0.1) is 34.7 Å². The van der Waals surface area contributed by atoms with Gasteiger partial charge in [0.2, 0.25) is 5.88 Å². The summed E-state index contributed by atoms with van der Waals surface area (Å²) in [5.74, 6) is 0.596. The number of ether oxygens (including phenoxy) is 4. The molecule has 43 heavy (non-hydrogen) atoms. The van der Waals surface area contributed by atoms with E-state index in [4.69, 9.17) is 47.9 Å². The molecule has 0 radical (unpaired) electrons. The lowest BCUT2D eigenvalue weighted by molar-refractivity contribution is 0.0734. The van der Waals surface area contributed by atoms with Crippen LogP contribution in [0.15, 0.2) is 66.1 Å². The van der Waals surface area contributed by atoms with Crippen LogP contribution in [0.5, 0.6) is 23.0 Å². The van der Waals surface area contributed by atoms with Gasteiger partial charge in [0.15, 0.2) is 5.75 Å². The summed E-state index contributed by atoms with van der Waals surface area (Å²) in [6, 6.07) is 17.7. The largest absolute Gasteiger partial charge is 0.494 e. The number of carbonyl (C=O) groups is 1. The number of rotatable bonds is 14. The van der Waals surface area contributed by atoms with Crippen molar-refractivity contribution in [1.82, 2.24) is 0 Å². The Bertz CT molecular complexity index is 1470. The summed E-state index contributed by atoms with van der Waals surface area (Å²) in [4.78, 5) is 13.0. The number of hydrogen-bond donors (Lipinski definition) is 1. The Hall–Kier alpha value is -3.86. The Kier molecular flexibility index (Phi) is 11.6. The van der Waals surface area contributed by atoms with Gasteiger partial charge in [-0.15, -0.1) is 0 Å². The predicted molar refractivity (Wildman–Crippen MR) is 168 cm³/mol. The van der Waals surface area contributed by atoms with Crippen LogP contribution in [0.2, 0.25) is 10.0 Å². The molecule has 2 N–H and O–H groups in total. The maximum Gasteiger partial charge on any atom is 0.343 e. The van der Waals surface area contributed by atoms with Crippen LogP contribution in [-0.4, -0.2) is 19.2 Å². The molecule has 9 heteroatoms. The van der Waals surface area contributed by atoms with Crippen LogP contribution in [0.1, 0.15) is 86.2 Å². The van der Waals surface area contributed by atoms with E-state index in [1.807, 2.05) is 24.3 Å². The summed E-state index contributed by atoms with van der Waals surface area (Å²) < 4.78 is 23.0.